The molecule has 49 heavy (non-hydrogen) atoms. The average molecular weight is 686 g/mol. The number of nitrogens with zero attached hydrogens (tertiary/aromatic N) is 1. The summed E-state index contributed by atoms with van der Waals surface area (Å²) in [5.41, 5.74) is 0.155. The number of aliphatic hydroxyl groups is 2. The quantitative estimate of drug-likeness (QED) is 0.337. The molecule has 3 aliphatic heterocycles. The van der Waals surface area contributed by atoms with Gasteiger partial charge in [-0.05, 0) is 141 Å². The van der Waals surface area contributed by atoms with Crippen LogP contribution in [-0.2, 0) is 23.7 Å². The summed E-state index contributed by atoms with van der Waals surface area (Å²) in [6.07, 6.45) is 12.1. The Labute approximate surface area is 295 Å². The third kappa shape index (κ3) is 5.21. The molecule has 2 spiro atoms. The molecule has 3 heterocycles. The number of amides is 1. The van der Waals surface area contributed by atoms with Crippen LogP contribution in [0.2, 0.25) is 0 Å². The summed E-state index contributed by atoms with van der Waals surface area (Å²) in [4.78, 5) is 15.3. The van der Waals surface area contributed by atoms with Crippen LogP contribution in [0.15, 0.2) is 0 Å². The van der Waals surface area contributed by atoms with Crippen LogP contribution in [-0.4, -0.2) is 90.2 Å². The van der Waals surface area contributed by atoms with E-state index in [-0.39, 0.29) is 46.8 Å². The van der Waals surface area contributed by atoms with Crippen molar-refractivity contribution in [3.63, 3.8) is 0 Å². The van der Waals surface area contributed by atoms with E-state index in [9.17, 15) is 15.0 Å². The number of hydrogen-bond acceptors (Lipinski definition) is 7. The van der Waals surface area contributed by atoms with Crippen LogP contribution in [0.3, 0.4) is 0 Å². The van der Waals surface area contributed by atoms with Crippen molar-refractivity contribution < 1.29 is 34.0 Å². The lowest BCUT2D eigenvalue weighted by molar-refractivity contribution is -0.246. The van der Waals surface area contributed by atoms with Gasteiger partial charge in [0.15, 0.2) is 6.29 Å². The minimum Gasteiger partial charge on any atom is -0.388 e. The van der Waals surface area contributed by atoms with Gasteiger partial charge in [-0.15, -0.1) is 0 Å². The molecule has 13 atom stereocenters. The summed E-state index contributed by atoms with van der Waals surface area (Å²) >= 11 is 0. The van der Waals surface area contributed by atoms with E-state index in [2.05, 4.69) is 34.6 Å². The van der Waals surface area contributed by atoms with Crippen LogP contribution < -0.4 is 0 Å². The van der Waals surface area contributed by atoms with Gasteiger partial charge < -0.3 is 34.1 Å². The highest BCUT2D eigenvalue weighted by atomic mass is 16.7. The fraction of sp³-hybridized carbons (Fsp3) is 0.976. The number of fused-ring (bicyclic) bond motifs is 4. The summed E-state index contributed by atoms with van der Waals surface area (Å²) in [6, 6.07) is 0. The molecule has 278 valence electrons. The molecule has 8 rings (SSSR count). The van der Waals surface area contributed by atoms with Crippen molar-refractivity contribution in [3.05, 3.63) is 0 Å². The number of ether oxygens (including phenoxy) is 4. The summed E-state index contributed by atoms with van der Waals surface area (Å²) in [5, 5.41) is 21.7. The van der Waals surface area contributed by atoms with Crippen molar-refractivity contribution >= 4 is 5.91 Å². The molecule has 6 unspecified atom stereocenters. The van der Waals surface area contributed by atoms with Crippen molar-refractivity contribution in [2.45, 2.75) is 162 Å². The van der Waals surface area contributed by atoms with Crippen LogP contribution in [0.5, 0.6) is 0 Å². The molecule has 0 radical (unpaired) electrons. The van der Waals surface area contributed by atoms with E-state index in [0.29, 0.717) is 66.5 Å². The number of rotatable bonds is 6. The van der Waals surface area contributed by atoms with E-state index >= 15 is 0 Å². The molecular weight excluding hydrogens is 618 g/mol. The van der Waals surface area contributed by atoms with E-state index in [0.717, 1.165) is 45.3 Å². The van der Waals surface area contributed by atoms with Crippen LogP contribution in [0.25, 0.3) is 0 Å². The molecule has 8 aliphatic rings. The lowest BCUT2D eigenvalue weighted by Gasteiger charge is -2.63. The first-order chi connectivity index (χ1) is 23.1. The lowest BCUT2D eigenvalue weighted by atomic mass is 9.41. The number of hydrogen-bond donors (Lipinski definition) is 2. The molecule has 8 fully saturated rings. The number of aliphatic hydroxyl groups excluding tert-OH is 1. The zero-order chi connectivity index (χ0) is 34.8. The predicted molar refractivity (Wildman–Crippen MR) is 186 cm³/mol. The van der Waals surface area contributed by atoms with Crippen molar-refractivity contribution in [3.8, 4) is 0 Å². The predicted octanol–water partition coefficient (Wildman–Crippen LogP) is 6.35. The molecule has 0 aromatic heterocycles. The van der Waals surface area contributed by atoms with E-state index in [1.165, 1.54) is 38.5 Å². The molecule has 8 nitrogen and oxygen atoms in total. The largest absolute Gasteiger partial charge is 0.388 e. The minimum atomic E-state index is -1.17. The highest BCUT2D eigenvalue weighted by molar-refractivity contribution is 5.76. The molecule has 0 aromatic rings. The Morgan fingerprint density at radius 1 is 0.959 bits per heavy atom. The smallest absolute Gasteiger partial charge is 0.223 e. The molecule has 5 saturated carbocycles. The van der Waals surface area contributed by atoms with Gasteiger partial charge in [-0.2, -0.15) is 0 Å². The maximum Gasteiger partial charge on any atom is 0.223 e. The Kier molecular flexibility index (Phi) is 8.54. The monoisotopic (exact) mass is 685 g/mol. The van der Waals surface area contributed by atoms with Gasteiger partial charge >= 0.3 is 0 Å². The summed E-state index contributed by atoms with van der Waals surface area (Å²) in [7, 11) is 0. The van der Waals surface area contributed by atoms with Crippen molar-refractivity contribution in [1.82, 2.24) is 4.90 Å². The SMILES string of the molecule is C[C@@H]1CC([C@H](O)C(C)(C)O)OC2C[C@@]3(C)[C@@H]4CCC5C(C)(C)[C@@H](OC6CN(C(=O)CC7CCOCC7)CCO6)CCC56C[C@@]46CC[C@]3(C)C21. The van der Waals surface area contributed by atoms with E-state index in [1.807, 2.05) is 4.90 Å². The van der Waals surface area contributed by atoms with E-state index in [4.69, 9.17) is 18.9 Å². The fourth-order valence-corrected chi connectivity index (χ4v) is 14.7. The van der Waals surface area contributed by atoms with Crippen LogP contribution >= 0.6 is 0 Å². The highest BCUT2D eigenvalue weighted by Crippen LogP contribution is 2.89. The lowest BCUT2D eigenvalue weighted by Crippen LogP contribution is -2.59. The van der Waals surface area contributed by atoms with Crippen LogP contribution in [0.1, 0.15) is 126 Å². The average Bonchev–Trinajstić information content (AvgIpc) is 3.65. The van der Waals surface area contributed by atoms with Gasteiger partial charge in [0, 0.05) is 26.2 Å². The Balaban J connectivity index is 0.956. The highest BCUT2D eigenvalue weighted by Gasteiger charge is 2.83. The van der Waals surface area contributed by atoms with Crippen LogP contribution in [0.4, 0.5) is 0 Å². The van der Waals surface area contributed by atoms with Gasteiger partial charge in [-0.1, -0.05) is 34.6 Å². The topological polar surface area (TPSA) is 97.7 Å². The molecular formula is C41H67NO7. The van der Waals surface area contributed by atoms with Gasteiger partial charge in [-0.3, -0.25) is 4.79 Å². The zero-order valence-electron chi connectivity index (χ0n) is 31.7. The first kappa shape index (κ1) is 35.3. The van der Waals surface area contributed by atoms with Gasteiger partial charge in [0.25, 0.3) is 0 Å². The Morgan fingerprint density at radius 3 is 2.41 bits per heavy atom. The Bertz CT molecular complexity index is 1280. The van der Waals surface area contributed by atoms with E-state index in [1.54, 1.807) is 13.8 Å². The summed E-state index contributed by atoms with van der Waals surface area (Å²) in [5.74, 6) is 3.00. The van der Waals surface area contributed by atoms with E-state index < -0.39 is 11.7 Å². The Hall–Kier alpha value is -0.770. The molecule has 0 bridgehead atoms. The molecule has 0 aromatic carbocycles. The van der Waals surface area contributed by atoms with Crippen molar-refractivity contribution in [1.29, 1.82) is 0 Å². The summed E-state index contributed by atoms with van der Waals surface area (Å²) in [6.45, 7) is 19.3. The van der Waals surface area contributed by atoms with Gasteiger partial charge in [0.1, 0.15) is 6.10 Å². The maximum absolute atomic E-state index is 13.3. The number of carbonyl (C=O) groups is 1. The van der Waals surface area contributed by atoms with Gasteiger partial charge in [0.05, 0.1) is 37.1 Å². The normalized spacial score (nSPS) is 49.9. The fourth-order valence-electron chi connectivity index (χ4n) is 14.7. The Morgan fingerprint density at radius 2 is 1.67 bits per heavy atom. The first-order valence-electron chi connectivity index (χ1n) is 20.2. The maximum atomic E-state index is 13.3. The molecule has 2 N–H and O–H groups in total. The first-order valence-corrected chi connectivity index (χ1v) is 20.2. The standard InChI is InChI=1S/C41H67NO7/c1-25-20-27(35(44)37(4,5)45)48-28-22-39(7)30-9-8-29-36(2,3)31(10-13-40(29)24-41(30,40)15-14-38(39,6)34(25)28)49-33-23-42(16-19-47-33)32(43)21-26-11-17-46-18-12-26/h25-31,33-35,44-45H,8-24H2,1-7H3/t25-,27?,28?,29?,30+,31+,33?,34?,35+,38-,39+,40?,41+/m1/s1. The van der Waals surface area contributed by atoms with Crippen molar-refractivity contribution in [2.75, 3.05) is 32.9 Å². The van der Waals surface area contributed by atoms with Crippen LogP contribution in [0, 0.1) is 56.7 Å². The third-order valence-electron chi connectivity index (χ3n) is 17.2. The number of carbonyl (C=O) groups excluding carboxylic acids is 1. The minimum absolute atomic E-state index is 0.0495. The molecule has 5 aliphatic carbocycles. The van der Waals surface area contributed by atoms with Gasteiger partial charge in [-0.25, -0.2) is 0 Å². The zero-order valence-corrected chi connectivity index (χ0v) is 31.7. The van der Waals surface area contributed by atoms with Gasteiger partial charge in [0.2, 0.25) is 5.91 Å². The van der Waals surface area contributed by atoms with Crippen molar-refractivity contribution in [2.24, 2.45) is 56.7 Å². The molecule has 8 heteroatoms. The second-order valence-corrected chi connectivity index (χ2v) is 20.1. The summed E-state index contributed by atoms with van der Waals surface area (Å²) < 4.78 is 25.4. The molecule has 3 saturated heterocycles. The second-order valence-electron chi connectivity index (χ2n) is 20.1. The third-order valence-corrected chi connectivity index (χ3v) is 17.2. The second kappa shape index (κ2) is 11.9. The molecule has 1 amide bonds. The number of morpholine rings is 1.